The number of hydrogen-bond donors (Lipinski definition) is 0. The largest absolute Gasteiger partial charge is 0.379 e. The van der Waals surface area contributed by atoms with Crippen LogP contribution >= 0.6 is 0 Å². The molecule has 158 valence electrons. The Labute approximate surface area is 181 Å². The molecule has 1 aliphatic carbocycles. The molecule has 5 rings (SSSR count). The number of benzene rings is 2. The second kappa shape index (κ2) is 8.23. The molecule has 0 radical (unpaired) electrons. The molecule has 2 atom stereocenters. The van der Waals surface area contributed by atoms with Gasteiger partial charge in [-0.2, -0.15) is 0 Å². The molecule has 0 unspecified atom stereocenters. The first-order valence-corrected chi connectivity index (χ1v) is 11.0. The zero-order valence-electron chi connectivity index (χ0n) is 18.0. The Morgan fingerprint density at radius 2 is 1.84 bits per heavy atom. The highest BCUT2D eigenvalue weighted by Gasteiger charge is 2.28. The summed E-state index contributed by atoms with van der Waals surface area (Å²) in [7, 11) is 1.74. The van der Waals surface area contributed by atoms with Gasteiger partial charge in [-0.05, 0) is 54.8 Å². The maximum Gasteiger partial charge on any atom is 0.261 e. The summed E-state index contributed by atoms with van der Waals surface area (Å²) in [6.07, 6.45) is 8.61. The van der Waals surface area contributed by atoms with Crippen molar-refractivity contribution in [2.45, 2.75) is 51.2 Å². The van der Waals surface area contributed by atoms with E-state index in [2.05, 4.69) is 23.2 Å². The van der Waals surface area contributed by atoms with Crippen LogP contribution in [0.5, 0.6) is 0 Å². The van der Waals surface area contributed by atoms with E-state index in [4.69, 9.17) is 9.72 Å². The molecule has 1 aliphatic rings. The number of aryl methyl sites for hydroxylation is 1. The highest BCUT2D eigenvalue weighted by Crippen LogP contribution is 2.31. The lowest BCUT2D eigenvalue weighted by molar-refractivity contribution is 0.0276. The van der Waals surface area contributed by atoms with Gasteiger partial charge in [0.15, 0.2) is 0 Å². The molecule has 0 aliphatic heterocycles. The summed E-state index contributed by atoms with van der Waals surface area (Å²) in [5.41, 5.74) is 4.04. The average Bonchev–Trinajstić information content (AvgIpc) is 2.81. The van der Waals surface area contributed by atoms with Gasteiger partial charge < -0.3 is 4.74 Å². The van der Waals surface area contributed by atoms with Crippen LogP contribution in [0.25, 0.3) is 21.7 Å². The fourth-order valence-corrected chi connectivity index (χ4v) is 4.92. The summed E-state index contributed by atoms with van der Waals surface area (Å²) < 4.78 is 7.52. The van der Waals surface area contributed by atoms with E-state index in [0.717, 1.165) is 65.2 Å². The van der Waals surface area contributed by atoms with Crippen LogP contribution in [0, 0.1) is 6.92 Å². The van der Waals surface area contributed by atoms with Crippen molar-refractivity contribution in [2.75, 3.05) is 7.11 Å². The number of fused-ring (bicyclic) bond motifs is 3. The molecule has 0 N–H and O–H groups in total. The molecular formula is C26H27N3O2. The second-order valence-electron chi connectivity index (χ2n) is 8.54. The van der Waals surface area contributed by atoms with Crippen LogP contribution in [-0.4, -0.2) is 27.7 Å². The molecular weight excluding hydrogens is 386 g/mol. The lowest BCUT2D eigenvalue weighted by atomic mass is 9.92. The van der Waals surface area contributed by atoms with Gasteiger partial charge in [-0.25, -0.2) is 4.98 Å². The summed E-state index contributed by atoms with van der Waals surface area (Å²) in [6.45, 7) is 1.99. The maximum atomic E-state index is 13.6. The molecule has 1 fully saturated rings. The zero-order valence-corrected chi connectivity index (χ0v) is 18.0. The minimum atomic E-state index is 0.0213. The Balaban J connectivity index is 1.69. The SMILES string of the molecule is CO[C@H]1CCCC[C@@H]1n1cnc2c(cc(Cc3ccc(C)nc3)c3ccccc32)c1=O. The molecule has 4 aromatic rings. The number of nitrogens with zero attached hydrogens (tertiary/aromatic N) is 3. The number of hydrogen-bond acceptors (Lipinski definition) is 4. The first-order valence-electron chi connectivity index (χ1n) is 11.0. The molecule has 0 saturated heterocycles. The van der Waals surface area contributed by atoms with Crippen LogP contribution in [0.4, 0.5) is 0 Å². The van der Waals surface area contributed by atoms with Crippen molar-refractivity contribution in [3.8, 4) is 0 Å². The normalized spacial score (nSPS) is 19.2. The van der Waals surface area contributed by atoms with E-state index in [1.54, 1.807) is 13.4 Å². The minimum Gasteiger partial charge on any atom is -0.379 e. The number of aromatic nitrogens is 3. The molecule has 2 aromatic carbocycles. The molecule has 0 bridgehead atoms. The molecule has 0 spiro atoms. The molecule has 31 heavy (non-hydrogen) atoms. The van der Waals surface area contributed by atoms with Crippen molar-refractivity contribution in [1.29, 1.82) is 0 Å². The van der Waals surface area contributed by atoms with Crippen molar-refractivity contribution in [1.82, 2.24) is 14.5 Å². The standard InChI is InChI=1S/C26H27N3O2/c1-17-11-12-18(15-27-17)13-19-14-22-25(21-8-4-3-7-20(19)21)28-16-29(26(22)30)23-9-5-6-10-24(23)31-2/h3-4,7-8,11-12,14-16,23-24H,5-6,9-10,13H2,1-2H3/t23-,24-/m0/s1. The van der Waals surface area contributed by atoms with Crippen molar-refractivity contribution >= 4 is 21.7 Å². The molecule has 5 nitrogen and oxygen atoms in total. The number of ether oxygens (including phenoxy) is 1. The smallest absolute Gasteiger partial charge is 0.261 e. The first kappa shape index (κ1) is 19.9. The lowest BCUT2D eigenvalue weighted by Crippen LogP contribution is -2.35. The van der Waals surface area contributed by atoms with Gasteiger partial charge in [0.05, 0.1) is 29.4 Å². The van der Waals surface area contributed by atoms with E-state index in [0.29, 0.717) is 5.39 Å². The van der Waals surface area contributed by atoms with Gasteiger partial charge in [0.1, 0.15) is 0 Å². The Bertz CT molecular complexity index is 1290. The van der Waals surface area contributed by atoms with Gasteiger partial charge >= 0.3 is 0 Å². The van der Waals surface area contributed by atoms with Gasteiger partial charge in [-0.3, -0.25) is 14.3 Å². The maximum absolute atomic E-state index is 13.6. The first-order chi connectivity index (χ1) is 15.2. The highest BCUT2D eigenvalue weighted by atomic mass is 16.5. The van der Waals surface area contributed by atoms with Crippen molar-refractivity contribution in [2.24, 2.45) is 0 Å². The van der Waals surface area contributed by atoms with Gasteiger partial charge in [0.2, 0.25) is 0 Å². The third-order valence-electron chi connectivity index (χ3n) is 6.57. The highest BCUT2D eigenvalue weighted by molar-refractivity contribution is 6.06. The van der Waals surface area contributed by atoms with E-state index in [1.165, 1.54) is 0 Å². The van der Waals surface area contributed by atoms with Crippen LogP contribution in [-0.2, 0) is 11.2 Å². The molecule has 0 amide bonds. The summed E-state index contributed by atoms with van der Waals surface area (Å²) >= 11 is 0. The summed E-state index contributed by atoms with van der Waals surface area (Å²) in [6, 6.07) is 14.4. The molecule has 2 heterocycles. The minimum absolute atomic E-state index is 0.0213. The Morgan fingerprint density at radius 1 is 1.03 bits per heavy atom. The second-order valence-corrected chi connectivity index (χ2v) is 8.54. The van der Waals surface area contributed by atoms with Gasteiger partial charge in [0, 0.05) is 24.4 Å². The van der Waals surface area contributed by atoms with Gasteiger partial charge in [0.25, 0.3) is 5.56 Å². The van der Waals surface area contributed by atoms with Crippen LogP contribution in [0.15, 0.2) is 59.8 Å². The quantitative estimate of drug-likeness (QED) is 0.443. The van der Waals surface area contributed by atoms with Crippen molar-refractivity contribution in [3.05, 3.63) is 82.2 Å². The monoisotopic (exact) mass is 413 g/mol. The molecule has 1 saturated carbocycles. The van der Waals surface area contributed by atoms with Crippen LogP contribution in [0.2, 0.25) is 0 Å². The van der Waals surface area contributed by atoms with E-state index >= 15 is 0 Å². The topological polar surface area (TPSA) is 57.0 Å². The Hall–Kier alpha value is -3.05. The van der Waals surface area contributed by atoms with E-state index in [1.807, 2.05) is 42.0 Å². The molecule has 5 heteroatoms. The van der Waals surface area contributed by atoms with E-state index in [-0.39, 0.29) is 17.7 Å². The van der Waals surface area contributed by atoms with E-state index in [9.17, 15) is 4.79 Å². The number of rotatable bonds is 4. The van der Waals surface area contributed by atoms with Crippen LogP contribution in [0.1, 0.15) is 48.5 Å². The third-order valence-corrected chi connectivity index (χ3v) is 6.57. The van der Waals surface area contributed by atoms with Crippen LogP contribution in [0.3, 0.4) is 0 Å². The Kier molecular flexibility index (Phi) is 5.28. The van der Waals surface area contributed by atoms with Gasteiger partial charge in [-0.15, -0.1) is 0 Å². The summed E-state index contributed by atoms with van der Waals surface area (Å²) in [4.78, 5) is 22.8. The fraction of sp³-hybridized carbons (Fsp3) is 0.346. The van der Waals surface area contributed by atoms with Gasteiger partial charge in [-0.1, -0.05) is 43.2 Å². The third kappa shape index (κ3) is 3.63. The predicted molar refractivity (Wildman–Crippen MR) is 124 cm³/mol. The number of methoxy groups -OCH3 is 1. The Morgan fingerprint density at radius 3 is 2.61 bits per heavy atom. The lowest BCUT2D eigenvalue weighted by Gasteiger charge is -2.31. The van der Waals surface area contributed by atoms with Crippen molar-refractivity contribution in [3.63, 3.8) is 0 Å². The fourth-order valence-electron chi connectivity index (χ4n) is 4.92. The van der Waals surface area contributed by atoms with E-state index < -0.39 is 0 Å². The summed E-state index contributed by atoms with van der Waals surface area (Å²) in [5, 5.41) is 2.83. The molecule has 2 aromatic heterocycles. The predicted octanol–water partition coefficient (Wildman–Crippen LogP) is 4.97. The van der Waals surface area contributed by atoms with Crippen molar-refractivity contribution < 1.29 is 4.74 Å². The zero-order chi connectivity index (χ0) is 21.4. The summed E-state index contributed by atoms with van der Waals surface area (Å²) in [5.74, 6) is 0. The van der Waals surface area contributed by atoms with Crippen LogP contribution < -0.4 is 5.56 Å². The number of pyridine rings is 1. The average molecular weight is 414 g/mol.